The highest BCUT2D eigenvalue weighted by Crippen LogP contribution is 2.23. The molecular formula is C13H26N2. The molecule has 0 saturated carbocycles. The Labute approximate surface area is 94.6 Å². The predicted molar refractivity (Wildman–Crippen MR) is 64.9 cm³/mol. The summed E-state index contributed by atoms with van der Waals surface area (Å²) >= 11 is 0. The molecule has 1 unspecified atom stereocenters. The van der Waals surface area contributed by atoms with Crippen LogP contribution in [0.15, 0.2) is 0 Å². The summed E-state index contributed by atoms with van der Waals surface area (Å²) < 4.78 is 0. The van der Waals surface area contributed by atoms with Gasteiger partial charge in [0.15, 0.2) is 0 Å². The summed E-state index contributed by atoms with van der Waals surface area (Å²) in [7, 11) is 0. The lowest BCUT2D eigenvalue weighted by Gasteiger charge is -2.43. The van der Waals surface area contributed by atoms with Crippen LogP contribution in [0.3, 0.4) is 0 Å². The molecule has 2 rings (SSSR count). The lowest BCUT2D eigenvalue weighted by Crippen LogP contribution is -2.53. The fourth-order valence-corrected chi connectivity index (χ4v) is 3.07. The molecule has 0 radical (unpaired) electrons. The number of hydrogen-bond donors (Lipinski definition) is 0. The van der Waals surface area contributed by atoms with Gasteiger partial charge in [-0.2, -0.15) is 0 Å². The molecule has 88 valence electrons. The summed E-state index contributed by atoms with van der Waals surface area (Å²) in [6.45, 7) is 7.69. The van der Waals surface area contributed by atoms with Crippen molar-refractivity contribution in [3.8, 4) is 0 Å². The van der Waals surface area contributed by atoms with E-state index in [9.17, 15) is 0 Å². The van der Waals surface area contributed by atoms with Crippen LogP contribution in [-0.2, 0) is 0 Å². The van der Waals surface area contributed by atoms with Crippen molar-refractivity contribution >= 4 is 0 Å². The second-order valence-corrected chi connectivity index (χ2v) is 5.11. The number of rotatable bonds is 3. The van der Waals surface area contributed by atoms with Crippen molar-refractivity contribution < 1.29 is 0 Å². The molecule has 0 aromatic heterocycles. The summed E-state index contributed by atoms with van der Waals surface area (Å²) in [5.41, 5.74) is 0. The van der Waals surface area contributed by atoms with Gasteiger partial charge in [-0.25, -0.2) is 0 Å². The zero-order valence-corrected chi connectivity index (χ0v) is 10.2. The molecule has 2 aliphatic heterocycles. The van der Waals surface area contributed by atoms with Gasteiger partial charge in [0.05, 0.1) is 6.17 Å². The van der Waals surface area contributed by atoms with Crippen LogP contribution in [0.4, 0.5) is 0 Å². The van der Waals surface area contributed by atoms with E-state index in [-0.39, 0.29) is 0 Å². The third-order valence-corrected chi connectivity index (χ3v) is 3.94. The lowest BCUT2D eigenvalue weighted by molar-refractivity contribution is 0.00454. The molecule has 0 spiro atoms. The maximum atomic E-state index is 2.75. The predicted octanol–water partition coefficient (Wildman–Crippen LogP) is 2.69. The number of nitrogens with zero attached hydrogens (tertiary/aromatic N) is 2. The van der Waals surface area contributed by atoms with Crippen molar-refractivity contribution in [1.82, 2.24) is 9.80 Å². The highest BCUT2D eigenvalue weighted by molar-refractivity contribution is 4.81. The molecule has 2 aliphatic rings. The second kappa shape index (κ2) is 5.86. The quantitative estimate of drug-likeness (QED) is 0.706. The molecule has 0 N–H and O–H groups in total. The highest BCUT2D eigenvalue weighted by atomic mass is 15.4. The van der Waals surface area contributed by atoms with E-state index in [1.165, 1.54) is 71.1 Å². The Balaban J connectivity index is 1.91. The second-order valence-electron chi connectivity index (χ2n) is 5.11. The summed E-state index contributed by atoms with van der Waals surface area (Å²) in [5.74, 6) is 0. The zero-order chi connectivity index (χ0) is 10.5. The Bertz CT molecular complexity index is 181. The van der Waals surface area contributed by atoms with E-state index in [2.05, 4.69) is 16.7 Å². The fourth-order valence-electron chi connectivity index (χ4n) is 3.07. The van der Waals surface area contributed by atoms with Crippen LogP contribution in [0, 0.1) is 0 Å². The summed E-state index contributed by atoms with van der Waals surface area (Å²) in [4.78, 5) is 5.49. The highest BCUT2D eigenvalue weighted by Gasteiger charge is 2.29. The fraction of sp³-hybridized carbons (Fsp3) is 1.00. The van der Waals surface area contributed by atoms with E-state index in [4.69, 9.17) is 0 Å². The van der Waals surface area contributed by atoms with E-state index >= 15 is 0 Å². The van der Waals surface area contributed by atoms with Gasteiger partial charge < -0.3 is 0 Å². The van der Waals surface area contributed by atoms with Crippen LogP contribution in [-0.4, -0.2) is 42.1 Å². The van der Waals surface area contributed by atoms with Crippen molar-refractivity contribution in [2.75, 3.05) is 26.2 Å². The van der Waals surface area contributed by atoms with Crippen molar-refractivity contribution in [3.63, 3.8) is 0 Å². The first-order valence-electron chi connectivity index (χ1n) is 6.90. The minimum absolute atomic E-state index is 0.799. The molecule has 2 saturated heterocycles. The Morgan fingerprint density at radius 2 is 1.87 bits per heavy atom. The number of hydrogen-bond acceptors (Lipinski definition) is 2. The van der Waals surface area contributed by atoms with E-state index in [0.29, 0.717) is 0 Å². The monoisotopic (exact) mass is 210 g/mol. The average molecular weight is 210 g/mol. The Kier molecular flexibility index (Phi) is 4.45. The third kappa shape index (κ3) is 2.94. The van der Waals surface area contributed by atoms with Gasteiger partial charge >= 0.3 is 0 Å². The van der Waals surface area contributed by atoms with Crippen LogP contribution < -0.4 is 0 Å². The third-order valence-electron chi connectivity index (χ3n) is 3.94. The molecule has 1 atom stereocenters. The molecule has 0 aromatic carbocycles. The zero-order valence-electron chi connectivity index (χ0n) is 10.2. The van der Waals surface area contributed by atoms with Gasteiger partial charge in [0, 0.05) is 13.1 Å². The van der Waals surface area contributed by atoms with Crippen molar-refractivity contribution in [2.45, 2.75) is 58.0 Å². The van der Waals surface area contributed by atoms with E-state index < -0.39 is 0 Å². The molecule has 0 aliphatic carbocycles. The van der Waals surface area contributed by atoms with Crippen LogP contribution >= 0.6 is 0 Å². The average Bonchev–Trinajstić information content (AvgIpc) is 2.51. The Hall–Kier alpha value is -0.0800. The van der Waals surface area contributed by atoms with Crippen LogP contribution in [0.5, 0.6) is 0 Å². The maximum absolute atomic E-state index is 2.75. The Morgan fingerprint density at radius 3 is 2.73 bits per heavy atom. The molecular weight excluding hydrogens is 184 g/mol. The van der Waals surface area contributed by atoms with E-state index in [0.717, 1.165) is 6.17 Å². The van der Waals surface area contributed by atoms with Gasteiger partial charge in [0.1, 0.15) is 0 Å². The SMILES string of the molecule is CCCCN1CCCN2CCCCCC12. The largest absolute Gasteiger partial charge is 0.288 e. The summed E-state index contributed by atoms with van der Waals surface area (Å²) in [5, 5.41) is 0. The standard InChI is InChI=1S/C13H26N2/c1-2-3-9-14-11-7-12-15-10-6-4-5-8-13(14)15/h13H,2-12H2,1H3. The first kappa shape index (κ1) is 11.4. The van der Waals surface area contributed by atoms with E-state index in [1.54, 1.807) is 0 Å². The molecule has 2 heteroatoms. The van der Waals surface area contributed by atoms with Gasteiger partial charge in [-0.15, -0.1) is 0 Å². The molecule has 2 fully saturated rings. The Morgan fingerprint density at radius 1 is 1.00 bits per heavy atom. The number of unbranched alkanes of at least 4 members (excludes halogenated alkanes) is 1. The van der Waals surface area contributed by atoms with Gasteiger partial charge in [-0.05, 0) is 38.8 Å². The molecule has 0 aromatic rings. The van der Waals surface area contributed by atoms with E-state index in [1.807, 2.05) is 0 Å². The molecule has 0 bridgehead atoms. The van der Waals surface area contributed by atoms with Gasteiger partial charge in [-0.3, -0.25) is 9.80 Å². The summed E-state index contributed by atoms with van der Waals surface area (Å²) in [6.07, 6.45) is 10.7. The smallest absolute Gasteiger partial charge is 0.0622 e. The van der Waals surface area contributed by atoms with Crippen molar-refractivity contribution in [2.24, 2.45) is 0 Å². The topological polar surface area (TPSA) is 6.48 Å². The normalized spacial score (nSPS) is 29.8. The number of fused-ring (bicyclic) bond motifs is 1. The molecule has 2 nitrogen and oxygen atoms in total. The van der Waals surface area contributed by atoms with Gasteiger partial charge in [-0.1, -0.05) is 26.2 Å². The summed E-state index contributed by atoms with van der Waals surface area (Å²) in [6, 6.07) is 0. The van der Waals surface area contributed by atoms with Crippen molar-refractivity contribution in [3.05, 3.63) is 0 Å². The molecule has 0 amide bonds. The van der Waals surface area contributed by atoms with Crippen molar-refractivity contribution in [1.29, 1.82) is 0 Å². The maximum Gasteiger partial charge on any atom is 0.0622 e. The molecule has 15 heavy (non-hydrogen) atoms. The minimum Gasteiger partial charge on any atom is -0.288 e. The first-order valence-corrected chi connectivity index (χ1v) is 6.90. The van der Waals surface area contributed by atoms with Gasteiger partial charge in [0.2, 0.25) is 0 Å². The van der Waals surface area contributed by atoms with Gasteiger partial charge in [0.25, 0.3) is 0 Å². The lowest BCUT2D eigenvalue weighted by atomic mass is 10.1. The van der Waals surface area contributed by atoms with Crippen LogP contribution in [0.2, 0.25) is 0 Å². The van der Waals surface area contributed by atoms with Crippen LogP contribution in [0.1, 0.15) is 51.9 Å². The van der Waals surface area contributed by atoms with Crippen LogP contribution in [0.25, 0.3) is 0 Å². The first-order chi connectivity index (χ1) is 7.42. The molecule has 2 heterocycles. The minimum atomic E-state index is 0.799.